The Bertz CT molecular complexity index is 735. The van der Waals surface area contributed by atoms with Gasteiger partial charge in [0.1, 0.15) is 0 Å². The van der Waals surface area contributed by atoms with Crippen molar-refractivity contribution < 1.29 is 9.59 Å². The lowest BCUT2D eigenvalue weighted by atomic mass is 9.96. The molecule has 0 unspecified atom stereocenters. The first-order valence-electron chi connectivity index (χ1n) is 8.70. The Hall–Kier alpha value is -2.14. The number of likely N-dealkylation sites (tertiary alicyclic amines) is 1. The number of hydrogen-bond acceptors (Lipinski definition) is 3. The van der Waals surface area contributed by atoms with E-state index in [0.29, 0.717) is 13.1 Å². The quantitative estimate of drug-likeness (QED) is 0.911. The van der Waals surface area contributed by atoms with E-state index in [9.17, 15) is 9.59 Å². The maximum atomic E-state index is 12.8. The lowest BCUT2D eigenvalue weighted by Crippen LogP contribution is -2.45. The second-order valence-corrected chi connectivity index (χ2v) is 7.80. The molecule has 0 radical (unpaired) electrons. The highest BCUT2D eigenvalue weighted by atomic mass is 32.1. The van der Waals surface area contributed by atoms with E-state index < -0.39 is 0 Å². The summed E-state index contributed by atoms with van der Waals surface area (Å²) in [4.78, 5) is 28.2. The minimum absolute atomic E-state index is 0.0301. The summed E-state index contributed by atoms with van der Waals surface area (Å²) in [5.74, 6) is -0.0440. The van der Waals surface area contributed by atoms with Crippen LogP contribution >= 0.6 is 11.3 Å². The third kappa shape index (κ3) is 4.48. The molecule has 0 saturated carbocycles. The van der Waals surface area contributed by atoms with E-state index in [1.165, 1.54) is 0 Å². The van der Waals surface area contributed by atoms with Crippen LogP contribution in [0, 0.1) is 19.8 Å². The van der Waals surface area contributed by atoms with Gasteiger partial charge in [-0.15, -0.1) is 11.3 Å². The number of carbonyl (C=O) groups excluding carboxylic acids is 2. The van der Waals surface area contributed by atoms with Gasteiger partial charge in [-0.2, -0.15) is 0 Å². The average molecular weight is 356 g/mol. The molecule has 2 aromatic rings. The Balaban J connectivity index is 1.62. The van der Waals surface area contributed by atoms with Crippen molar-refractivity contribution in [2.24, 2.45) is 5.92 Å². The third-order valence-electron chi connectivity index (χ3n) is 4.56. The number of carbonyl (C=O) groups is 2. The van der Waals surface area contributed by atoms with Crippen LogP contribution < -0.4 is 5.32 Å². The topological polar surface area (TPSA) is 49.4 Å². The molecule has 0 aliphatic carbocycles. The summed E-state index contributed by atoms with van der Waals surface area (Å²) in [6.07, 6.45) is 1.71. The number of nitrogens with one attached hydrogen (secondary N) is 1. The molecule has 1 aliphatic rings. The number of rotatable bonds is 4. The first-order valence-corrected chi connectivity index (χ1v) is 9.58. The minimum Gasteiger partial charge on any atom is -0.351 e. The molecule has 5 heteroatoms. The van der Waals surface area contributed by atoms with E-state index in [2.05, 4.69) is 11.4 Å². The molecule has 1 atom stereocenters. The van der Waals surface area contributed by atoms with Crippen molar-refractivity contribution in [1.82, 2.24) is 10.2 Å². The fraction of sp³-hybridized carbons (Fsp3) is 0.400. The average Bonchev–Trinajstić information content (AvgIpc) is 3.12. The van der Waals surface area contributed by atoms with Gasteiger partial charge in [0.2, 0.25) is 5.91 Å². The number of benzene rings is 1. The lowest BCUT2D eigenvalue weighted by molar-refractivity contribution is -0.126. The summed E-state index contributed by atoms with van der Waals surface area (Å²) in [5, 5.41) is 5.01. The molecule has 1 saturated heterocycles. The summed E-state index contributed by atoms with van der Waals surface area (Å²) in [5.41, 5.74) is 2.90. The van der Waals surface area contributed by atoms with Crippen LogP contribution in [0.25, 0.3) is 0 Å². The number of nitrogens with zero attached hydrogens (tertiary/aromatic N) is 1. The standard InChI is InChI=1S/C20H24N2O2S/c1-14-9-15(2)11-17(10-14)20(24)22-7-3-5-16(13-22)19(23)21-12-18-6-4-8-25-18/h4,6,8-11,16H,3,5,7,12-13H2,1-2H3,(H,21,23)/t16-/m1/s1. The number of amides is 2. The second kappa shape index (κ2) is 7.83. The molecule has 25 heavy (non-hydrogen) atoms. The zero-order valence-electron chi connectivity index (χ0n) is 14.7. The minimum atomic E-state index is -0.122. The molecule has 2 heterocycles. The molecular formula is C20H24N2O2S. The van der Waals surface area contributed by atoms with Gasteiger partial charge < -0.3 is 10.2 Å². The van der Waals surface area contributed by atoms with Crippen molar-refractivity contribution in [2.75, 3.05) is 13.1 Å². The highest BCUT2D eigenvalue weighted by molar-refractivity contribution is 7.09. The molecule has 1 aliphatic heterocycles. The predicted octanol–water partition coefficient (Wildman–Crippen LogP) is 3.53. The molecule has 132 valence electrons. The molecule has 3 rings (SSSR count). The summed E-state index contributed by atoms with van der Waals surface area (Å²) in [6.45, 7) is 5.79. The van der Waals surface area contributed by atoms with E-state index in [0.717, 1.165) is 41.0 Å². The Morgan fingerprint density at radius 1 is 1.24 bits per heavy atom. The summed E-state index contributed by atoms with van der Waals surface area (Å²) in [7, 11) is 0. The van der Waals surface area contributed by atoms with Gasteiger partial charge in [-0.1, -0.05) is 23.3 Å². The first-order chi connectivity index (χ1) is 12.0. The van der Waals surface area contributed by atoms with Gasteiger partial charge in [-0.25, -0.2) is 0 Å². The molecule has 4 nitrogen and oxygen atoms in total. The van der Waals surface area contributed by atoms with Crippen molar-refractivity contribution in [3.63, 3.8) is 0 Å². The van der Waals surface area contributed by atoms with E-state index in [4.69, 9.17) is 0 Å². The number of thiophene rings is 1. The summed E-state index contributed by atoms with van der Waals surface area (Å²) < 4.78 is 0. The zero-order valence-corrected chi connectivity index (χ0v) is 15.6. The molecule has 1 aromatic heterocycles. The van der Waals surface area contributed by atoms with Gasteiger partial charge in [0.25, 0.3) is 5.91 Å². The van der Waals surface area contributed by atoms with Gasteiger partial charge in [0.05, 0.1) is 12.5 Å². The van der Waals surface area contributed by atoms with Crippen molar-refractivity contribution in [1.29, 1.82) is 0 Å². The second-order valence-electron chi connectivity index (χ2n) is 6.76. The number of hydrogen-bond donors (Lipinski definition) is 1. The lowest BCUT2D eigenvalue weighted by Gasteiger charge is -2.32. The monoisotopic (exact) mass is 356 g/mol. The maximum absolute atomic E-state index is 12.8. The number of aryl methyl sites for hydroxylation is 2. The molecule has 1 aromatic carbocycles. The maximum Gasteiger partial charge on any atom is 0.253 e. The molecular weight excluding hydrogens is 332 g/mol. The fourth-order valence-corrected chi connectivity index (χ4v) is 4.03. The molecule has 2 amide bonds. The Kier molecular flexibility index (Phi) is 5.53. The van der Waals surface area contributed by atoms with Crippen LogP contribution in [0.1, 0.15) is 39.2 Å². The van der Waals surface area contributed by atoms with E-state index in [-0.39, 0.29) is 17.7 Å². The van der Waals surface area contributed by atoms with Crippen molar-refractivity contribution in [3.8, 4) is 0 Å². The smallest absolute Gasteiger partial charge is 0.253 e. The van der Waals surface area contributed by atoms with Crippen LogP contribution in [0.3, 0.4) is 0 Å². The van der Waals surface area contributed by atoms with Gasteiger partial charge in [0.15, 0.2) is 0 Å². The van der Waals surface area contributed by atoms with Crippen LogP contribution in [-0.2, 0) is 11.3 Å². The predicted molar refractivity (Wildman–Crippen MR) is 101 cm³/mol. The molecule has 0 bridgehead atoms. The third-order valence-corrected chi connectivity index (χ3v) is 5.44. The van der Waals surface area contributed by atoms with E-state index >= 15 is 0 Å². The van der Waals surface area contributed by atoms with Crippen LogP contribution in [0.4, 0.5) is 0 Å². The Morgan fingerprint density at radius 2 is 2.00 bits per heavy atom. The molecule has 1 N–H and O–H groups in total. The Morgan fingerprint density at radius 3 is 2.68 bits per heavy atom. The Labute approximate surface area is 152 Å². The summed E-state index contributed by atoms with van der Waals surface area (Å²) in [6, 6.07) is 9.91. The zero-order chi connectivity index (χ0) is 17.8. The van der Waals surface area contributed by atoms with Crippen LogP contribution in [-0.4, -0.2) is 29.8 Å². The molecule has 0 spiro atoms. The van der Waals surface area contributed by atoms with Gasteiger partial charge >= 0.3 is 0 Å². The highest BCUT2D eigenvalue weighted by Gasteiger charge is 2.29. The highest BCUT2D eigenvalue weighted by Crippen LogP contribution is 2.20. The van der Waals surface area contributed by atoms with E-state index in [1.54, 1.807) is 11.3 Å². The van der Waals surface area contributed by atoms with Gasteiger partial charge in [0, 0.05) is 23.5 Å². The van der Waals surface area contributed by atoms with Gasteiger partial charge in [-0.3, -0.25) is 9.59 Å². The van der Waals surface area contributed by atoms with Crippen molar-refractivity contribution in [2.45, 2.75) is 33.2 Å². The largest absolute Gasteiger partial charge is 0.351 e. The van der Waals surface area contributed by atoms with Crippen LogP contribution in [0.2, 0.25) is 0 Å². The van der Waals surface area contributed by atoms with Crippen LogP contribution in [0.15, 0.2) is 35.7 Å². The molecule has 1 fully saturated rings. The SMILES string of the molecule is Cc1cc(C)cc(C(=O)N2CCC[C@@H](C(=O)NCc3cccs3)C2)c1. The van der Waals surface area contributed by atoms with Gasteiger partial charge in [-0.05, 0) is 50.3 Å². The number of piperidine rings is 1. The van der Waals surface area contributed by atoms with Crippen molar-refractivity contribution >= 4 is 23.2 Å². The first kappa shape index (κ1) is 17.7. The fourth-order valence-electron chi connectivity index (χ4n) is 3.39. The normalized spacial score (nSPS) is 17.4. The van der Waals surface area contributed by atoms with E-state index in [1.807, 2.05) is 48.4 Å². The van der Waals surface area contributed by atoms with Crippen molar-refractivity contribution in [3.05, 3.63) is 57.3 Å². The van der Waals surface area contributed by atoms with Crippen LogP contribution in [0.5, 0.6) is 0 Å². The summed E-state index contributed by atoms with van der Waals surface area (Å²) >= 11 is 1.64.